The molecule has 0 saturated heterocycles. The summed E-state index contributed by atoms with van der Waals surface area (Å²) in [5.74, 6) is 0. The van der Waals surface area contributed by atoms with E-state index in [2.05, 4.69) is 24.6 Å². The molecule has 0 unspecified atom stereocenters. The van der Waals surface area contributed by atoms with Crippen molar-refractivity contribution < 1.29 is 29.1 Å². The molecule has 0 aromatic carbocycles. The fraction of sp³-hybridized carbons (Fsp3) is 0.875. The molecule has 0 rings (SSSR count). The molecule has 0 heterocycles. The van der Waals surface area contributed by atoms with E-state index in [1.54, 1.807) is 0 Å². The van der Waals surface area contributed by atoms with E-state index in [0.717, 1.165) is 19.3 Å². The monoisotopic (exact) mass is 380 g/mol. The van der Waals surface area contributed by atoms with Crippen molar-refractivity contribution in [3.8, 4) is 0 Å². The van der Waals surface area contributed by atoms with Crippen LogP contribution in [0.15, 0.2) is 13.2 Å². The van der Waals surface area contributed by atoms with Crippen LogP contribution in [0.5, 0.6) is 0 Å². The van der Waals surface area contributed by atoms with Gasteiger partial charge in [-0.1, -0.05) is 64.7 Å². The summed E-state index contributed by atoms with van der Waals surface area (Å²) in [6.45, 7) is 8.14. The quantitative estimate of drug-likeness (QED) is 0.169. The number of aliphatic hydroxyl groups is 2. The van der Waals surface area contributed by atoms with Crippen LogP contribution < -0.4 is 0 Å². The third-order valence-corrected chi connectivity index (χ3v) is 3.38. The van der Waals surface area contributed by atoms with E-state index in [0.29, 0.717) is 0 Å². The van der Waals surface area contributed by atoms with E-state index in [1.165, 1.54) is 44.9 Å². The summed E-state index contributed by atoms with van der Waals surface area (Å²) in [5.41, 5.74) is 0. The van der Waals surface area contributed by atoms with Crippen molar-refractivity contribution in [2.24, 2.45) is 0 Å². The molecule has 0 aliphatic carbocycles. The minimum absolute atomic E-state index is 0. The van der Waals surface area contributed by atoms with Crippen LogP contribution in [0.2, 0.25) is 0 Å². The van der Waals surface area contributed by atoms with Crippen LogP contribution in [-0.2, 0) is 9.09 Å². The maximum absolute atomic E-state index is 10.4. The molecule has 0 spiro atoms. The van der Waals surface area contributed by atoms with E-state index < -0.39 is 7.82 Å². The van der Waals surface area contributed by atoms with Crippen LogP contribution in [-0.4, -0.2) is 69.4 Å². The topological polar surface area (TPSA) is 107 Å². The summed E-state index contributed by atoms with van der Waals surface area (Å²) in [4.78, 5) is 16.9. The summed E-state index contributed by atoms with van der Waals surface area (Å²) in [6, 6.07) is 0. The zero-order valence-corrected chi connectivity index (χ0v) is 15.6. The van der Waals surface area contributed by atoms with Crippen LogP contribution in [0.1, 0.15) is 71.1 Å². The number of aliphatic hydroxyl groups excluding tert-OH is 2. The van der Waals surface area contributed by atoms with Gasteiger partial charge in [-0.25, -0.2) is 4.57 Å². The summed E-state index contributed by atoms with van der Waals surface area (Å²) in [5, 5.41) is 15.2. The van der Waals surface area contributed by atoms with Crippen LogP contribution in [0.3, 0.4) is 0 Å². The molecule has 0 aliphatic heterocycles. The average molecular weight is 380 g/mol. The SMILES string of the molecule is C=C.CCCCCCCCCCCCOP(=O)(O)O.OCCO.[NaH]. The van der Waals surface area contributed by atoms with E-state index in [9.17, 15) is 4.57 Å². The summed E-state index contributed by atoms with van der Waals surface area (Å²) < 4.78 is 14.7. The first kappa shape index (κ1) is 32.4. The number of phosphoric acid groups is 1. The van der Waals surface area contributed by atoms with Gasteiger partial charge in [0.05, 0.1) is 19.8 Å². The van der Waals surface area contributed by atoms with Crippen molar-refractivity contribution in [2.45, 2.75) is 71.1 Å². The molecule has 0 amide bonds. The molecule has 0 radical (unpaired) electrons. The average Bonchev–Trinajstić information content (AvgIpc) is 2.54. The molecule has 8 heteroatoms. The molecule has 24 heavy (non-hydrogen) atoms. The maximum atomic E-state index is 10.4. The number of hydrogen-bond donors (Lipinski definition) is 4. The van der Waals surface area contributed by atoms with Gasteiger partial charge in [0.1, 0.15) is 0 Å². The molecular formula is C16H38NaO6P. The van der Waals surface area contributed by atoms with Gasteiger partial charge in [-0.3, -0.25) is 4.52 Å². The van der Waals surface area contributed by atoms with Crippen LogP contribution >= 0.6 is 7.82 Å². The van der Waals surface area contributed by atoms with Gasteiger partial charge in [-0.2, -0.15) is 0 Å². The fourth-order valence-corrected chi connectivity index (χ4v) is 2.14. The van der Waals surface area contributed by atoms with Crippen molar-refractivity contribution >= 4 is 37.4 Å². The van der Waals surface area contributed by atoms with Crippen molar-refractivity contribution in [2.75, 3.05) is 19.8 Å². The second-order valence-corrected chi connectivity index (χ2v) is 6.19. The Bertz CT molecular complexity index is 249. The molecule has 4 N–H and O–H groups in total. The van der Waals surface area contributed by atoms with Crippen LogP contribution in [0, 0.1) is 0 Å². The Morgan fingerprint density at radius 1 is 0.792 bits per heavy atom. The molecular weight excluding hydrogens is 342 g/mol. The summed E-state index contributed by atoms with van der Waals surface area (Å²) in [7, 11) is -4.24. The van der Waals surface area contributed by atoms with Crippen molar-refractivity contribution in [3.05, 3.63) is 13.2 Å². The zero-order chi connectivity index (χ0) is 18.4. The van der Waals surface area contributed by atoms with Gasteiger partial charge in [0.2, 0.25) is 0 Å². The Labute approximate surface area is 170 Å². The predicted molar refractivity (Wildman–Crippen MR) is 102 cm³/mol. The second kappa shape index (κ2) is 28.6. The Morgan fingerprint density at radius 3 is 1.42 bits per heavy atom. The van der Waals surface area contributed by atoms with Gasteiger partial charge in [0.15, 0.2) is 0 Å². The predicted octanol–water partition coefficient (Wildman–Crippen LogP) is 3.14. The van der Waals surface area contributed by atoms with Crippen molar-refractivity contribution in [3.63, 3.8) is 0 Å². The number of hydrogen-bond acceptors (Lipinski definition) is 4. The number of phosphoric ester groups is 1. The zero-order valence-electron chi connectivity index (χ0n) is 14.7. The molecule has 0 aromatic heterocycles. The summed E-state index contributed by atoms with van der Waals surface area (Å²) >= 11 is 0. The van der Waals surface area contributed by atoms with Crippen LogP contribution in [0.4, 0.5) is 0 Å². The van der Waals surface area contributed by atoms with Crippen molar-refractivity contribution in [1.82, 2.24) is 0 Å². The molecule has 6 nitrogen and oxygen atoms in total. The van der Waals surface area contributed by atoms with E-state index in [4.69, 9.17) is 20.0 Å². The van der Waals surface area contributed by atoms with E-state index in [-0.39, 0.29) is 49.4 Å². The Balaban J connectivity index is -0.000000248. The third kappa shape index (κ3) is 43.4. The fourth-order valence-electron chi connectivity index (χ4n) is 1.77. The van der Waals surface area contributed by atoms with E-state index in [1.807, 2.05) is 0 Å². The molecule has 0 bridgehead atoms. The molecule has 0 saturated carbocycles. The van der Waals surface area contributed by atoms with Crippen molar-refractivity contribution in [1.29, 1.82) is 0 Å². The normalized spacial score (nSPS) is 9.88. The van der Waals surface area contributed by atoms with Gasteiger partial charge in [-0.15, -0.1) is 13.2 Å². The van der Waals surface area contributed by atoms with E-state index >= 15 is 0 Å². The standard InChI is InChI=1S/C12H27O4P.C2H6O2.C2H4.Na.H/c1-2-3-4-5-6-7-8-9-10-11-12-16-17(13,14)15;3-1-2-4;1-2;;/h2-12H2,1H3,(H2,13,14,15);3-4H,1-2H2;1-2H2;;. The van der Waals surface area contributed by atoms with Gasteiger partial charge in [0, 0.05) is 0 Å². The van der Waals surface area contributed by atoms with Gasteiger partial charge >= 0.3 is 37.4 Å². The first-order valence-corrected chi connectivity index (χ1v) is 9.92. The van der Waals surface area contributed by atoms with Crippen LogP contribution in [0.25, 0.3) is 0 Å². The second-order valence-electron chi connectivity index (χ2n) is 4.95. The van der Waals surface area contributed by atoms with Gasteiger partial charge in [0.25, 0.3) is 0 Å². The first-order valence-electron chi connectivity index (χ1n) is 8.39. The molecule has 0 fully saturated rings. The number of rotatable bonds is 13. The molecule has 0 aliphatic rings. The molecule has 0 aromatic rings. The number of unbranched alkanes of at least 4 members (excludes halogenated alkanes) is 9. The third-order valence-electron chi connectivity index (χ3n) is 2.86. The van der Waals surface area contributed by atoms with Gasteiger partial charge < -0.3 is 20.0 Å². The Morgan fingerprint density at radius 2 is 1.12 bits per heavy atom. The molecule has 144 valence electrons. The summed E-state index contributed by atoms with van der Waals surface area (Å²) in [6.07, 6.45) is 12.0. The first-order chi connectivity index (χ1) is 11.0. The van der Waals surface area contributed by atoms with Gasteiger partial charge in [-0.05, 0) is 6.42 Å². The Hall–Kier alpha value is 0.770. The minimum atomic E-state index is -4.24. The Kier molecular flexibility index (Phi) is 38.6. The molecule has 0 atom stereocenters.